The van der Waals surface area contributed by atoms with E-state index in [9.17, 15) is 9.59 Å². The van der Waals surface area contributed by atoms with Gasteiger partial charge in [-0.1, -0.05) is 5.92 Å². The van der Waals surface area contributed by atoms with Crippen LogP contribution in [-0.4, -0.2) is 41.6 Å². The first kappa shape index (κ1) is 13.4. The Hall–Kier alpha value is -1.70. The zero-order valence-electron chi connectivity index (χ0n) is 10.2. The molecule has 0 aromatic rings. The standard InChI is InChI=1S/C12H18N2O3/c1-3-4-7-13-11(17)14-8-5-6-12(2,9-14)10(15)16/h5-9H2,1-2H3,(H,13,17)(H,15,16). The number of hydrogen-bond acceptors (Lipinski definition) is 2. The number of carboxylic acid groups (broad SMARTS) is 1. The summed E-state index contributed by atoms with van der Waals surface area (Å²) in [5.41, 5.74) is -0.827. The maximum atomic E-state index is 11.7. The molecule has 1 rings (SSSR count). The van der Waals surface area contributed by atoms with Crippen molar-refractivity contribution in [3.8, 4) is 11.8 Å². The van der Waals surface area contributed by atoms with Crippen LogP contribution in [-0.2, 0) is 4.79 Å². The van der Waals surface area contributed by atoms with Crippen LogP contribution in [0, 0.1) is 17.3 Å². The smallest absolute Gasteiger partial charge is 0.318 e. The highest BCUT2D eigenvalue weighted by Crippen LogP contribution is 2.29. The van der Waals surface area contributed by atoms with Gasteiger partial charge in [-0.2, -0.15) is 0 Å². The fourth-order valence-corrected chi connectivity index (χ4v) is 1.91. The summed E-state index contributed by atoms with van der Waals surface area (Å²) < 4.78 is 0. The van der Waals surface area contributed by atoms with Crippen LogP contribution in [0.4, 0.5) is 4.79 Å². The van der Waals surface area contributed by atoms with E-state index in [1.54, 1.807) is 18.7 Å². The van der Waals surface area contributed by atoms with Crippen LogP contribution >= 0.6 is 0 Å². The summed E-state index contributed by atoms with van der Waals surface area (Å²) in [7, 11) is 0. The second-order valence-corrected chi connectivity index (χ2v) is 4.48. The molecule has 0 aromatic heterocycles. The van der Waals surface area contributed by atoms with Crippen LogP contribution in [0.15, 0.2) is 0 Å². The summed E-state index contributed by atoms with van der Waals surface area (Å²) in [4.78, 5) is 24.4. The molecule has 0 aromatic carbocycles. The van der Waals surface area contributed by atoms with Crippen LogP contribution in [0.1, 0.15) is 26.7 Å². The van der Waals surface area contributed by atoms with Crippen molar-refractivity contribution in [2.24, 2.45) is 5.41 Å². The van der Waals surface area contributed by atoms with Gasteiger partial charge >= 0.3 is 12.0 Å². The number of amides is 2. The molecule has 0 aliphatic carbocycles. The Morgan fingerprint density at radius 1 is 1.53 bits per heavy atom. The molecule has 0 radical (unpaired) electrons. The van der Waals surface area contributed by atoms with Crippen molar-refractivity contribution in [3.05, 3.63) is 0 Å². The van der Waals surface area contributed by atoms with E-state index >= 15 is 0 Å². The third-order valence-corrected chi connectivity index (χ3v) is 3.00. The number of rotatable bonds is 2. The molecule has 5 heteroatoms. The number of urea groups is 1. The zero-order valence-corrected chi connectivity index (χ0v) is 10.2. The number of likely N-dealkylation sites (tertiary alicyclic amines) is 1. The average molecular weight is 238 g/mol. The van der Waals surface area contributed by atoms with Gasteiger partial charge in [-0.15, -0.1) is 5.92 Å². The van der Waals surface area contributed by atoms with Gasteiger partial charge in [-0.05, 0) is 26.7 Å². The second-order valence-electron chi connectivity index (χ2n) is 4.48. The predicted molar refractivity (Wildman–Crippen MR) is 63.4 cm³/mol. The van der Waals surface area contributed by atoms with E-state index in [1.807, 2.05) is 0 Å². The maximum Gasteiger partial charge on any atom is 0.318 e. The lowest BCUT2D eigenvalue weighted by Crippen LogP contribution is -2.51. The van der Waals surface area contributed by atoms with Crippen LogP contribution in [0.5, 0.6) is 0 Å². The Labute approximate surface area is 101 Å². The highest BCUT2D eigenvalue weighted by atomic mass is 16.4. The first-order chi connectivity index (χ1) is 7.99. The SMILES string of the molecule is CC#CCNC(=O)N1CCCC(C)(C(=O)O)C1. The average Bonchev–Trinajstić information content (AvgIpc) is 2.29. The van der Waals surface area contributed by atoms with E-state index in [0.717, 1.165) is 6.42 Å². The molecule has 1 fully saturated rings. The summed E-state index contributed by atoms with van der Waals surface area (Å²) in [6.45, 7) is 4.55. The maximum absolute atomic E-state index is 11.7. The Bertz CT molecular complexity index is 370. The van der Waals surface area contributed by atoms with Gasteiger partial charge in [0.1, 0.15) is 0 Å². The molecule has 1 unspecified atom stereocenters. The Morgan fingerprint density at radius 3 is 2.82 bits per heavy atom. The molecule has 2 amide bonds. The van der Waals surface area contributed by atoms with E-state index < -0.39 is 11.4 Å². The van der Waals surface area contributed by atoms with E-state index in [1.165, 1.54) is 0 Å². The summed E-state index contributed by atoms with van der Waals surface area (Å²) >= 11 is 0. The third-order valence-electron chi connectivity index (χ3n) is 3.00. The Morgan fingerprint density at radius 2 is 2.24 bits per heavy atom. The number of nitrogens with zero attached hydrogens (tertiary/aromatic N) is 1. The minimum Gasteiger partial charge on any atom is -0.481 e. The summed E-state index contributed by atoms with van der Waals surface area (Å²) in [5, 5.41) is 11.8. The van der Waals surface area contributed by atoms with Gasteiger partial charge < -0.3 is 15.3 Å². The summed E-state index contributed by atoms with van der Waals surface area (Å²) in [5.74, 6) is 4.58. The number of piperidine rings is 1. The van der Waals surface area contributed by atoms with Gasteiger partial charge in [0.25, 0.3) is 0 Å². The van der Waals surface area contributed by atoms with Crippen LogP contribution in [0.3, 0.4) is 0 Å². The largest absolute Gasteiger partial charge is 0.481 e. The molecule has 5 nitrogen and oxygen atoms in total. The van der Waals surface area contributed by atoms with Gasteiger partial charge in [0.2, 0.25) is 0 Å². The van der Waals surface area contributed by atoms with Gasteiger partial charge in [-0.25, -0.2) is 4.79 Å². The van der Waals surface area contributed by atoms with Gasteiger partial charge in [0, 0.05) is 13.1 Å². The number of aliphatic carboxylic acids is 1. The highest BCUT2D eigenvalue weighted by Gasteiger charge is 2.39. The van der Waals surface area contributed by atoms with Crippen LogP contribution < -0.4 is 5.32 Å². The number of carbonyl (C=O) groups excluding carboxylic acids is 1. The molecule has 2 N–H and O–H groups in total. The van der Waals surface area contributed by atoms with Crippen molar-refractivity contribution >= 4 is 12.0 Å². The quantitative estimate of drug-likeness (QED) is 0.702. The molecule has 1 atom stereocenters. The summed E-state index contributed by atoms with van der Waals surface area (Å²) in [6.07, 6.45) is 1.33. The lowest BCUT2D eigenvalue weighted by atomic mass is 9.82. The topological polar surface area (TPSA) is 69.6 Å². The molecule has 0 bridgehead atoms. The van der Waals surface area contributed by atoms with Crippen molar-refractivity contribution in [1.29, 1.82) is 0 Å². The number of carbonyl (C=O) groups is 2. The monoisotopic (exact) mass is 238 g/mol. The minimum absolute atomic E-state index is 0.236. The Kier molecular flexibility index (Phi) is 4.38. The molecule has 17 heavy (non-hydrogen) atoms. The number of nitrogens with one attached hydrogen (secondary N) is 1. The van der Waals surface area contributed by atoms with E-state index in [-0.39, 0.29) is 12.6 Å². The third kappa shape index (κ3) is 3.38. The summed E-state index contributed by atoms with van der Waals surface area (Å²) in [6, 6.07) is -0.236. The molecule has 94 valence electrons. The van der Waals surface area contributed by atoms with E-state index in [2.05, 4.69) is 17.2 Å². The predicted octanol–water partition coefficient (Wildman–Crippen LogP) is 0.906. The second kappa shape index (κ2) is 5.58. The highest BCUT2D eigenvalue weighted by molar-refractivity contribution is 5.78. The fraction of sp³-hybridized carbons (Fsp3) is 0.667. The molecular formula is C12H18N2O3. The minimum atomic E-state index is -0.844. The molecule has 1 aliphatic rings. The molecule has 1 heterocycles. The van der Waals surface area contributed by atoms with Crippen molar-refractivity contribution < 1.29 is 14.7 Å². The Balaban J connectivity index is 2.56. The van der Waals surface area contributed by atoms with Gasteiger partial charge in [-0.3, -0.25) is 4.79 Å². The molecule has 1 aliphatic heterocycles. The van der Waals surface area contributed by atoms with Crippen LogP contribution in [0.2, 0.25) is 0 Å². The van der Waals surface area contributed by atoms with Gasteiger partial charge in [0.05, 0.1) is 12.0 Å². The first-order valence-electron chi connectivity index (χ1n) is 5.65. The van der Waals surface area contributed by atoms with E-state index in [4.69, 9.17) is 5.11 Å². The van der Waals surface area contributed by atoms with Gasteiger partial charge in [0.15, 0.2) is 0 Å². The van der Waals surface area contributed by atoms with Crippen molar-refractivity contribution in [3.63, 3.8) is 0 Å². The fourth-order valence-electron chi connectivity index (χ4n) is 1.91. The number of carboxylic acids is 1. The zero-order chi connectivity index (χ0) is 12.9. The lowest BCUT2D eigenvalue weighted by Gasteiger charge is -2.37. The lowest BCUT2D eigenvalue weighted by molar-refractivity contribution is -0.150. The van der Waals surface area contributed by atoms with Crippen LogP contribution in [0.25, 0.3) is 0 Å². The molecule has 0 saturated carbocycles. The van der Waals surface area contributed by atoms with Crippen molar-refractivity contribution in [1.82, 2.24) is 10.2 Å². The molecule has 1 saturated heterocycles. The first-order valence-corrected chi connectivity index (χ1v) is 5.65. The van der Waals surface area contributed by atoms with E-state index in [0.29, 0.717) is 19.5 Å². The van der Waals surface area contributed by atoms with Crippen molar-refractivity contribution in [2.75, 3.05) is 19.6 Å². The molecular weight excluding hydrogens is 220 g/mol. The molecule has 0 spiro atoms. The van der Waals surface area contributed by atoms with Crippen molar-refractivity contribution in [2.45, 2.75) is 26.7 Å². The normalized spacial score (nSPS) is 23.5. The number of hydrogen-bond donors (Lipinski definition) is 2.